The fraction of sp³-hybridized carbons (Fsp3) is 0.0833. The quantitative estimate of drug-likeness (QED) is 0.419. The van der Waals surface area contributed by atoms with Crippen LogP contribution in [0.1, 0.15) is 15.9 Å². The molecule has 1 heterocycles. The van der Waals surface area contributed by atoms with Gasteiger partial charge in [0, 0.05) is 11.1 Å². The number of phenolic OH excluding ortho intramolecular Hbond substituents is 1. The molecule has 4 rings (SSSR count). The second-order valence-electron chi connectivity index (χ2n) is 6.97. The summed E-state index contributed by atoms with van der Waals surface area (Å²) in [7, 11) is 1.27. The van der Waals surface area contributed by atoms with Crippen LogP contribution in [0.3, 0.4) is 0 Å². The van der Waals surface area contributed by atoms with E-state index in [2.05, 4.69) is 15.0 Å². The lowest BCUT2D eigenvalue weighted by molar-refractivity contribution is -0.137. The zero-order valence-electron chi connectivity index (χ0n) is 17.2. The molecule has 1 N–H and O–H groups in total. The van der Waals surface area contributed by atoms with Crippen LogP contribution in [0.15, 0.2) is 72.8 Å². The minimum absolute atomic E-state index is 0.00196. The van der Waals surface area contributed by atoms with Crippen LogP contribution in [-0.2, 0) is 10.9 Å². The van der Waals surface area contributed by atoms with Gasteiger partial charge in [-0.05, 0) is 30.3 Å². The molecule has 0 fully saturated rings. The van der Waals surface area contributed by atoms with E-state index in [-0.39, 0.29) is 23.0 Å². The van der Waals surface area contributed by atoms with Crippen molar-refractivity contribution >= 4 is 5.97 Å². The summed E-state index contributed by atoms with van der Waals surface area (Å²) in [4.78, 5) is 24.9. The lowest BCUT2D eigenvalue weighted by atomic mass is 10.1. The van der Waals surface area contributed by atoms with Gasteiger partial charge < -0.3 is 9.84 Å². The molecule has 166 valence electrons. The van der Waals surface area contributed by atoms with Crippen molar-refractivity contribution in [3.05, 3.63) is 83.9 Å². The summed E-state index contributed by atoms with van der Waals surface area (Å²) < 4.78 is 43.7. The Labute approximate surface area is 186 Å². The number of rotatable bonds is 4. The maximum Gasteiger partial charge on any atom is 0.416 e. The number of hydrogen-bond acceptors (Lipinski definition) is 6. The molecule has 0 spiro atoms. The summed E-state index contributed by atoms with van der Waals surface area (Å²) in [5, 5.41) is 10.3. The number of hydrogen-bond donors (Lipinski definition) is 1. The van der Waals surface area contributed by atoms with E-state index in [0.29, 0.717) is 22.8 Å². The minimum Gasteiger partial charge on any atom is -0.507 e. The highest BCUT2D eigenvalue weighted by Gasteiger charge is 2.31. The van der Waals surface area contributed by atoms with Crippen LogP contribution in [0.4, 0.5) is 13.2 Å². The van der Waals surface area contributed by atoms with Crippen LogP contribution in [0, 0.1) is 0 Å². The zero-order valence-corrected chi connectivity index (χ0v) is 17.2. The van der Waals surface area contributed by atoms with Crippen LogP contribution in [0.5, 0.6) is 5.75 Å². The van der Waals surface area contributed by atoms with Crippen molar-refractivity contribution in [1.29, 1.82) is 0 Å². The number of halogens is 3. The number of phenols is 1. The van der Waals surface area contributed by atoms with Gasteiger partial charge in [0.05, 0.1) is 23.8 Å². The van der Waals surface area contributed by atoms with Crippen molar-refractivity contribution in [2.45, 2.75) is 6.18 Å². The third-order valence-corrected chi connectivity index (χ3v) is 4.80. The summed E-state index contributed by atoms with van der Waals surface area (Å²) >= 11 is 0. The highest BCUT2D eigenvalue weighted by Crippen LogP contribution is 2.36. The zero-order chi connectivity index (χ0) is 23.6. The van der Waals surface area contributed by atoms with E-state index in [1.807, 2.05) is 6.07 Å². The average molecular weight is 451 g/mol. The van der Waals surface area contributed by atoms with Crippen molar-refractivity contribution in [1.82, 2.24) is 15.0 Å². The van der Waals surface area contributed by atoms with Gasteiger partial charge in [-0.25, -0.2) is 19.7 Å². The Morgan fingerprint density at radius 3 is 1.94 bits per heavy atom. The Balaban J connectivity index is 1.85. The Kier molecular flexibility index (Phi) is 5.78. The summed E-state index contributed by atoms with van der Waals surface area (Å²) in [5.74, 6) is -0.622. The fourth-order valence-electron chi connectivity index (χ4n) is 3.11. The Morgan fingerprint density at radius 2 is 1.39 bits per heavy atom. The molecule has 0 atom stereocenters. The van der Waals surface area contributed by atoms with Crippen molar-refractivity contribution < 1.29 is 27.8 Å². The smallest absolute Gasteiger partial charge is 0.416 e. The van der Waals surface area contributed by atoms with Gasteiger partial charge in [-0.15, -0.1) is 0 Å². The highest BCUT2D eigenvalue weighted by atomic mass is 19.4. The molecule has 33 heavy (non-hydrogen) atoms. The first kappa shape index (κ1) is 21.9. The second-order valence-corrected chi connectivity index (χ2v) is 6.97. The van der Waals surface area contributed by atoms with E-state index in [1.165, 1.54) is 7.11 Å². The van der Waals surface area contributed by atoms with E-state index >= 15 is 0 Å². The molecule has 0 saturated heterocycles. The van der Waals surface area contributed by atoms with E-state index < -0.39 is 23.5 Å². The number of benzene rings is 3. The van der Waals surface area contributed by atoms with Gasteiger partial charge in [0.15, 0.2) is 17.5 Å². The van der Waals surface area contributed by atoms with Crippen LogP contribution >= 0.6 is 0 Å². The fourth-order valence-corrected chi connectivity index (χ4v) is 3.11. The number of nitrogens with zero attached hydrogens (tertiary/aromatic N) is 3. The lowest BCUT2D eigenvalue weighted by Gasteiger charge is -2.11. The first-order valence-corrected chi connectivity index (χ1v) is 9.67. The van der Waals surface area contributed by atoms with Gasteiger partial charge >= 0.3 is 12.1 Å². The van der Waals surface area contributed by atoms with E-state index in [4.69, 9.17) is 4.74 Å². The predicted molar refractivity (Wildman–Crippen MR) is 114 cm³/mol. The third kappa shape index (κ3) is 4.67. The SMILES string of the molecule is COC(=O)c1ccc(-c2nc(-c3ccccc3)nc(-c3ccc(C(F)(F)F)cc3O)n2)cc1. The molecular weight excluding hydrogens is 435 g/mol. The maximum absolute atomic E-state index is 13.0. The number of alkyl halides is 3. The van der Waals surface area contributed by atoms with Gasteiger partial charge in [-0.2, -0.15) is 13.2 Å². The van der Waals surface area contributed by atoms with Crippen molar-refractivity contribution in [3.8, 4) is 39.9 Å². The summed E-state index contributed by atoms with van der Waals surface area (Å²) in [6, 6.07) is 17.9. The largest absolute Gasteiger partial charge is 0.507 e. The van der Waals surface area contributed by atoms with Crippen LogP contribution < -0.4 is 0 Å². The number of aromatic hydroxyl groups is 1. The minimum atomic E-state index is -4.60. The van der Waals surface area contributed by atoms with Crippen molar-refractivity contribution in [3.63, 3.8) is 0 Å². The number of carbonyl (C=O) groups is 1. The molecule has 0 aliphatic heterocycles. The molecule has 0 aliphatic rings. The number of carbonyl (C=O) groups excluding carboxylic acids is 1. The standard InChI is InChI=1S/C24H16F3N3O3/c1-33-23(32)16-9-7-15(8-10-16)21-28-20(14-5-3-2-4-6-14)29-22(30-21)18-12-11-17(13-19(18)31)24(25,26)27/h2-13,31H,1H3. The topological polar surface area (TPSA) is 85.2 Å². The molecule has 0 unspecified atom stereocenters. The molecule has 0 amide bonds. The monoisotopic (exact) mass is 451 g/mol. The molecule has 0 saturated carbocycles. The number of ether oxygens (including phenoxy) is 1. The summed E-state index contributed by atoms with van der Waals surface area (Å²) in [5.41, 5.74) is 0.559. The molecule has 9 heteroatoms. The van der Waals surface area contributed by atoms with Crippen molar-refractivity contribution in [2.75, 3.05) is 7.11 Å². The number of aromatic nitrogens is 3. The Morgan fingerprint density at radius 1 is 0.818 bits per heavy atom. The van der Waals surface area contributed by atoms with Crippen LogP contribution in [0.25, 0.3) is 34.2 Å². The van der Waals surface area contributed by atoms with E-state index in [9.17, 15) is 23.1 Å². The molecule has 6 nitrogen and oxygen atoms in total. The maximum atomic E-state index is 13.0. The van der Waals surface area contributed by atoms with Gasteiger partial charge in [0.2, 0.25) is 0 Å². The number of methoxy groups -OCH3 is 1. The average Bonchev–Trinajstić information content (AvgIpc) is 2.83. The Hall–Kier alpha value is -4.27. The summed E-state index contributed by atoms with van der Waals surface area (Å²) in [6.07, 6.45) is -4.60. The van der Waals surface area contributed by atoms with Gasteiger partial charge in [0.25, 0.3) is 0 Å². The molecule has 0 aliphatic carbocycles. The molecule has 0 radical (unpaired) electrons. The van der Waals surface area contributed by atoms with E-state index in [0.717, 1.165) is 12.1 Å². The third-order valence-electron chi connectivity index (χ3n) is 4.80. The van der Waals surface area contributed by atoms with Gasteiger partial charge in [-0.3, -0.25) is 0 Å². The lowest BCUT2D eigenvalue weighted by Crippen LogP contribution is -2.05. The number of esters is 1. The molecular formula is C24H16F3N3O3. The predicted octanol–water partition coefficient (Wildman–Crippen LogP) is 5.38. The normalized spacial score (nSPS) is 11.3. The first-order valence-electron chi connectivity index (χ1n) is 9.67. The second kappa shape index (κ2) is 8.70. The highest BCUT2D eigenvalue weighted by molar-refractivity contribution is 5.89. The van der Waals surface area contributed by atoms with Gasteiger partial charge in [-0.1, -0.05) is 42.5 Å². The molecule has 4 aromatic rings. The van der Waals surface area contributed by atoms with Crippen molar-refractivity contribution in [2.24, 2.45) is 0 Å². The molecule has 0 bridgehead atoms. The van der Waals surface area contributed by atoms with Crippen LogP contribution in [-0.4, -0.2) is 33.1 Å². The van der Waals surface area contributed by atoms with Crippen LogP contribution in [0.2, 0.25) is 0 Å². The Bertz CT molecular complexity index is 1310. The molecule has 1 aromatic heterocycles. The first-order chi connectivity index (χ1) is 15.8. The van der Waals surface area contributed by atoms with E-state index in [1.54, 1.807) is 48.5 Å². The molecule has 3 aromatic carbocycles. The summed E-state index contributed by atoms with van der Waals surface area (Å²) in [6.45, 7) is 0. The van der Waals surface area contributed by atoms with Gasteiger partial charge in [0.1, 0.15) is 5.75 Å².